The molecule has 0 heterocycles. The van der Waals surface area contributed by atoms with Gasteiger partial charge in [0, 0.05) is 25.7 Å². The van der Waals surface area contributed by atoms with E-state index in [1.807, 2.05) is 0 Å². The number of rotatable bonds is 85. The van der Waals surface area contributed by atoms with Gasteiger partial charge in [0.1, 0.15) is 19.3 Å². The summed E-state index contributed by atoms with van der Waals surface area (Å²) in [6.07, 6.45) is 69.2. The molecule has 0 saturated heterocycles. The maximum absolute atomic E-state index is 13.1. The van der Waals surface area contributed by atoms with Crippen molar-refractivity contribution in [2.45, 2.75) is 477 Å². The number of aliphatic hydroxyl groups is 1. The molecule has 0 aromatic heterocycles. The van der Waals surface area contributed by atoms with Gasteiger partial charge in [-0.05, 0) is 37.5 Å². The first-order chi connectivity index (χ1) is 50.9. The van der Waals surface area contributed by atoms with E-state index in [2.05, 4.69) is 41.5 Å². The summed E-state index contributed by atoms with van der Waals surface area (Å²) in [5, 5.41) is 10.7. The van der Waals surface area contributed by atoms with Crippen molar-refractivity contribution in [2.24, 2.45) is 11.8 Å². The molecule has 2 unspecified atom stereocenters. The molecule has 0 fully saturated rings. The quantitative estimate of drug-likeness (QED) is 0.0222. The summed E-state index contributed by atoms with van der Waals surface area (Å²) >= 11 is 0. The summed E-state index contributed by atoms with van der Waals surface area (Å²) in [5.41, 5.74) is 0. The van der Waals surface area contributed by atoms with Gasteiger partial charge in [0.15, 0.2) is 12.2 Å². The van der Waals surface area contributed by atoms with E-state index in [0.717, 1.165) is 102 Å². The molecule has 3 N–H and O–H groups in total. The molecule has 19 heteroatoms. The van der Waals surface area contributed by atoms with Crippen molar-refractivity contribution < 1.29 is 80.2 Å². The average Bonchev–Trinajstić information content (AvgIpc) is 0.917. The minimum Gasteiger partial charge on any atom is -0.462 e. The molecule has 0 aliphatic carbocycles. The number of ether oxygens (including phenoxy) is 4. The van der Waals surface area contributed by atoms with E-state index >= 15 is 0 Å². The van der Waals surface area contributed by atoms with Gasteiger partial charge >= 0.3 is 39.5 Å². The predicted octanol–water partition coefficient (Wildman–Crippen LogP) is 26.2. The van der Waals surface area contributed by atoms with Crippen LogP contribution in [0.4, 0.5) is 0 Å². The third kappa shape index (κ3) is 79.9. The SMILES string of the molecule is CCCCCCCCCCCCCCCCCCCC(=O)OC[C@H](COP(=O)(O)OC[C@@H](O)COP(=O)(O)OC[C@@H](COC(=O)CCCCCCCCCCCCCCC)OC(=O)CCCCCCCCCCCCCCCC(C)C)OC(=O)CCCCCCCCCCCCCCCCCCC(C)C. The van der Waals surface area contributed by atoms with Crippen LogP contribution in [0, 0.1) is 11.8 Å². The van der Waals surface area contributed by atoms with Crippen molar-refractivity contribution in [2.75, 3.05) is 39.6 Å². The lowest BCUT2D eigenvalue weighted by atomic mass is 10.0. The maximum Gasteiger partial charge on any atom is 0.472 e. The van der Waals surface area contributed by atoms with E-state index in [9.17, 15) is 43.2 Å². The Balaban J connectivity index is 5.27. The van der Waals surface area contributed by atoms with Crippen LogP contribution in [-0.4, -0.2) is 96.7 Å². The molecule has 0 spiro atoms. The highest BCUT2D eigenvalue weighted by Gasteiger charge is 2.30. The van der Waals surface area contributed by atoms with Crippen LogP contribution in [0.3, 0.4) is 0 Å². The normalized spacial score (nSPS) is 13.8. The zero-order valence-corrected chi connectivity index (χ0v) is 70.8. The zero-order valence-electron chi connectivity index (χ0n) is 69.0. The fraction of sp³-hybridized carbons (Fsp3) is 0.953. The first-order valence-electron chi connectivity index (χ1n) is 44.5. The van der Waals surface area contributed by atoms with E-state index in [1.165, 1.54) is 276 Å². The van der Waals surface area contributed by atoms with Crippen molar-refractivity contribution in [3.63, 3.8) is 0 Å². The topological polar surface area (TPSA) is 237 Å². The molecule has 0 aromatic carbocycles. The van der Waals surface area contributed by atoms with Crippen LogP contribution in [0.2, 0.25) is 0 Å². The molecule has 0 bridgehead atoms. The minimum absolute atomic E-state index is 0.108. The maximum atomic E-state index is 13.1. The molecule has 0 aromatic rings. The third-order valence-corrected chi connectivity index (χ3v) is 22.1. The van der Waals surface area contributed by atoms with Crippen molar-refractivity contribution in [1.82, 2.24) is 0 Å². The predicted molar refractivity (Wildman–Crippen MR) is 432 cm³/mol. The first-order valence-corrected chi connectivity index (χ1v) is 47.5. The second kappa shape index (κ2) is 77.4. The van der Waals surface area contributed by atoms with Crippen LogP contribution in [0.1, 0.15) is 459 Å². The van der Waals surface area contributed by atoms with Gasteiger partial charge in [0.25, 0.3) is 0 Å². The largest absolute Gasteiger partial charge is 0.472 e. The highest BCUT2D eigenvalue weighted by molar-refractivity contribution is 7.47. The van der Waals surface area contributed by atoms with Gasteiger partial charge < -0.3 is 33.8 Å². The molecule has 0 aliphatic heterocycles. The van der Waals surface area contributed by atoms with Crippen LogP contribution < -0.4 is 0 Å². The van der Waals surface area contributed by atoms with Crippen molar-refractivity contribution in [3.8, 4) is 0 Å². The molecule has 0 radical (unpaired) electrons. The summed E-state index contributed by atoms with van der Waals surface area (Å²) in [7, 11) is -9.93. The number of phosphoric acid groups is 2. The Morgan fingerprint density at radius 2 is 0.438 bits per heavy atom. The van der Waals surface area contributed by atoms with E-state index in [4.69, 9.17) is 37.0 Å². The molecule has 624 valence electrons. The van der Waals surface area contributed by atoms with Crippen LogP contribution in [0.5, 0.6) is 0 Å². The Hall–Kier alpha value is -1.94. The van der Waals surface area contributed by atoms with E-state index in [-0.39, 0.29) is 25.7 Å². The smallest absolute Gasteiger partial charge is 0.462 e. The van der Waals surface area contributed by atoms with E-state index < -0.39 is 97.5 Å². The Kier molecular flexibility index (Phi) is 76.0. The fourth-order valence-corrected chi connectivity index (χ4v) is 15.0. The molecule has 0 rings (SSSR count). The number of unbranched alkanes of at least 4 members (excludes halogenated alkanes) is 55. The summed E-state index contributed by atoms with van der Waals surface area (Å²) in [4.78, 5) is 73.3. The van der Waals surface area contributed by atoms with Crippen LogP contribution >= 0.6 is 15.6 Å². The number of hydrogen-bond acceptors (Lipinski definition) is 15. The van der Waals surface area contributed by atoms with Gasteiger partial charge in [-0.15, -0.1) is 0 Å². The van der Waals surface area contributed by atoms with E-state index in [0.29, 0.717) is 25.7 Å². The third-order valence-electron chi connectivity index (χ3n) is 20.2. The molecule has 5 atom stereocenters. The highest BCUT2D eigenvalue weighted by atomic mass is 31.2. The number of carbonyl (C=O) groups is 4. The first kappa shape index (κ1) is 103. The summed E-state index contributed by atoms with van der Waals surface area (Å²) < 4.78 is 68.9. The second-order valence-electron chi connectivity index (χ2n) is 31.9. The minimum atomic E-state index is -4.97. The molecular formula is C86H168O17P2. The summed E-state index contributed by atoms with van der Waals surface area (Å²) in [6.45, 7) is 9.73. The van der Waals surface area contributed by atoms with Crippen molar-refractivity contribution in [3.05, 3.63) is 0 Å². The van der Waals surface area contributed by atoms with Crippen molar-refractivity contribution in [1.29, 1.82) is 0 Å². The monoisotopic (exact) mass is 1540 g/mol. The summed E-state index contributed by atoms with van der Waals surface area (Å²) in [5.74, 6) is -0.503. The molecule has 0 amide bonds. The van der Waals surface area contributed by atoms with E-state index in [1.54, 1.807) is 0 Å². The van der Waals surface area contributed by atoms with Crippen LogP contribution in [0.25, 0.3) is 0 Å². The Bertz CT molecular complexity index is 2010. The van der Waals surface area contributed by atoms with Gasteiger partial charge in [-0.3, -0.25) is 37.3 Å². The van der Waals surface area contributed by atoms with Crippen LogP contribution in [-0.2, 0) is 65.4 Å². The Morgan fingerprint density at radius 1 is 0.257 bits per heavy atom. The number of aliphatic hydroxyl groups excluding tert-OH is 1. The zero-order chi connectivity index (χ0) is 77.1. The standard InChI is InChI=1S/C86H168O17P2/c1-7-9-11-13-15-17-19-21-22-23-27-33-39-45-51-57-63-69-84(89)97-75-82(102-85(90)70-64-58-52-46-40-34-28-25-24-26-31-36-42-48-54-60-66-78(3)4)77-101-105(94,95)99-73-80(87)72-98-104(92,93)100-76-81(74-96-83(88)68-62-56-50-44-38-30-20-18-16-14-12-10-8-2)103-86(91)71-65-59-53-47-41-35-29-32-37-43-49-55-61-67-79(5)6/h78-82,87H,7-77H2,1-6H3,(H,92,93)(H,94,95)/t80-,81+,82+/m0/s1. The molecule has 105 heavy (non-hydrogen) atoms. The molecule has 0 saturated carbocycles. The second-order valence-corrected chi connectivity index (χ2v) is 34.8. The molecule has 17 nitrogen and oxygen atoms in total. The number of carbonyl (C=O) groups excluding carboxylic acids is 4. The van der Waals surface area contributed by atoms with Crippen LogP contribution in [0.15, 0.2) is 0 Å². The van der Waals surface area contributed by atoms with Gasteiger partial charge in [-0.1, -0.05) is 408 Å². The molecule has 0 aliphatic rings. The lowest BCUT2D eigenvalue weighted by molar-refractivity contribution is -0.161. The lowest BCUT2D eigenvalue weighted by Crippen LogP contribution is -2.30. The Morgan fingerprint density at radius 3 is 0.648 bits per heavy atom. The number of esters is 4. The van der Waals surface area contributed by atoms with Gasteiger partial charge in [-0.2, -0.15) is 0 Å². The van der Waals surface area contributed by atoms with Gasteiger partial charge in [0.05, 0.1) is 26.4 Å². The number of hydrogen-bond donors (Lipinski definition) is 3. The highest BCUT2D eigenvalue weighted by Crippen LogP contribution is 2.45. The van der Waals surface area contributed by atoms with Gasteiger partial charge in [-0.25, -0.2) is 9.13 Å². The average molecular weight is 1540 g/mol. The van der Waals surface area contributed by atoms with Crippen molar-refractivity contribution >= 4 is 39.5 Å². The number of phosphoric ester groups is 2. The Labute approximate surface area is 645 Å². The molecular weight excluding hydrogens is 1370 g/mol. The van der Waals surface area contributed by atoms with Gasteiger partial charge in [0.2, 0.25) is 0 Å². The fourth-order valence-electron chi connectivity index (χ4n) is 13.4. The summed E-state index contributed by atoms with van der Waals surface area (Å²) in [6, 6.07) is 0. The lowest BCUT2D eigenvalue weighted by Gasteiger charge is -2.21.